The summed E-state index contributed by atoms with van der Waals surface area (Å²) < 4.78 is 28.9. The van der Waals surface area contributed by atoms with Crippen LogP contribution in [0.3, 0.4) is 0 Å². The maximum absolute atomic E-state index is 11.9. The second-order valence-corrected chi connectivity index (χ2v) is 7.01. The van der Waals surface area contributed by atoms with E-state index in [9.17, 15) is 13.5 Å². The molecule has 1 saturated carbocycles. The van der Waals surface area contributed by atoms with Crippen molar-refractivity contribution in [1.82, 2.24) is 0 Å². The molecule has 0 aliphatic heterocycles. The molecule has 1 aliphatic rings. The van der Waals surface area contributed by atoms with Crippen LogP contribution in [0, 0.1) is 5.92 Å². The predicted molar refractivity (Wildman–Crippen MR) is 69.6 cm³/mol. The number of benzene rings is 1. The van der Waals surface area contributed by atoms with Crippen LogP contribution >= 0.6 is 0 Å². The zero-order valence-corrected chi connectivity index (χ0v) is 11.4. The normalized spacial score (nSPS) is 26.9. The standard InChI is InChI=1S/C13H18O4S/c1-3-18(15,16)13-11(8-14)12(13)9-4-6-10(17-2)7-5-9/h4-7,11-14H,3,8H2,1-2H3/t11-,12+,13+/m1/s1. The van der Waals surface area contributed by atoms with Crippen molar-refractivity contribution in [2.75, 3.05) is 19.5 Å². The molecule has 0 radical (unpaired) electrons. The zero-order chi connectivity index (χ0) is 13.3. The highest BCUT2D eigenvalue weighted by Crippen LogP contribution is 2.52. The second-order valence-electron chi connectivity index (χ2n) is 4.56. The zero-order valence-electron chi connectivity index (χ0n) is 10.5. The van der Waals surface area contributed by atoms with Crippen molar-refractivity contribution < 1.29 is 18.3 Å². The Balaban J connectivity index is 2.23. The summed E-state index contributed by atoms with van der Waals surface area (Å²) in [5.41, 5.74) is 0.955. The molecular formula is C13H18O4S. The highest BCUT2D eigenvalue weighted by Gasteiger charge is 2.57. The van der Waals surface area contributed by atoms with Crippen LogP contribution in [0.4, 0.5) is 0 Å². The first-order chi connectivity index (χ1) is 8.55. The fourth-order valence-corrected chi connectivity index (χ4v) is 4.39. The number of hydrogen-bond acceptors (Lipinski definition) is 4. The maximum atomic E-state index is 11.9. The molecule has 2 rings (SSSR count). The van der Waals surface area contributed by atoms with E-state index in [0.29, 0.717) is 0 Å². The van der Waals surface area contributed by atoms with Crippen LogP contribution in [0.15, 0.2) is 24.3 Å². The Hall–Kier alpha value is -1.07. The Labute approximate surface area is 108 Å². The molecule has 0 spiro atoms. The maximum Gasteiger partial charge on any atom is 0.153 e. The molecular weight excluding hydrogens is 252 g/mol. The van der Waals surface area contributed by atoms with E-state index in [1.54, 1.807) is 14.0 Å². The van der Waals surface area contributed by atoms with Gasteiger partial charge in [0, 0.05) is 24.2 Å². The molecule has 1 aromatic rings. The van der Waals surface area contributed by atoms with Crippen molar-refractivity contribution >= 4 is 9.84 Å². The van der Waals surface area contributed by atoms with Gasteiger partial charge in [-0.3, -0.25) is 0 Å². The summed E-state index contributed by atoms with van der Waals surface area (Å²) in [4.78, 5) is 0. The molecule has 1 aliphatic carbocycles. The van der Waals surface area contributed by atoms with E-state index in [2.05, 4.69) is 0 Å². The lowest BCUT2D eigenvalue weighted by Gasteiger charge is -2.03. The quantitative estimate of drug-likeness (QED) is 0.873. The Morgan fingerprint density at radius 1 is 1.28 bits per heavy atom. The summed E-state index contributed by atoms with van der Waals surface area (Å²) in [6.07, 6.45) is 0. The van der Waals surface area contributed by atoms with E-state index < -0.39 is 15.1 Å². The predicted octanol–water partition coefficient (Wildman–Crippen LogP) is 1.20. The monoisotopic (exact) mass is 270 g/mol. The first-order valence-electron chi connectivity index (χ1n) is 6.01. The van der Waals surface area contributed by atoms with Crippen LogP contribution in [0.5, 0.6) is 5.75 Å². The molecule has 3 atom stereocenters. The molecule has 0 bridgehead atoms. The number of ether oxygens (including phenoxy) is 1. The number of methoxy groups -OCH3 is 1. The van der Waals surface area contributed by atoms with Crippen molar-refractivity contribution in [3.05, 3.63) is 29.8 Å². The summed E-state index contributed by atoms with van der Waals surface area (Å²) in [5.74, 6) is 0.630. The average Bonchev–Trinajstić information content (AvgIpc) is 3.14. The Morgan fingerprint density at radius 3 is 2.33 bits per heavy atom. The summed E-state index contributed by atoms with van der Waals surface area (Å²) >= 11 is 0. The fourth-order valence-electron chi connectivity index (χ4n) is 2.50. The number of hydrogen-bond donors (Lipinski definition) is 1. The first-order valence-corrected chi connectivity index (χ1v) is 7.73. The summed E-state index contributed by atoms with van der Waals surface area (Å²) in [6.45, 7) is 1.56. The molecule has 18 heavy (non-hydrogen) atoms. The summed E-state index contributed by atoms with van der Waals surface area (Å²) in [6, 6.07) is 7.38. The van der Waals surface area contributed by atoms with E-state index in [1.807, 2.05) is 24.3 Å². The highest BCUT2D eigenvalue weighted by atomic mass is 32.2. The van der Waals surface area contributed by atoms with Gasteiger partial charge in [-0.15, -0.1) is 0 Å². The molecule has 1 fully saturated rings. The summed E-state index contributed by atoms with van der Waals surface area (Å²) in [7, 11) is -1.50. The minimum Gasteiger partial charge on any atom is -0.497 e. The van der Waals surface area contributed by atoms with Gasteiger partial charge in [-0.1, -0.05) is 19.1 Å². The van der Waals surface area contributed by atoms with Gasteiger partial charge in [0.15, 0.2) is 9.84 Å². The van der Waals surface area contributed by atoms with Gasteiger partial charge in [-0.05, 0) is 17.7 Å². The number of aliphatic hydroxyl groups excluding tert-OH is 1. The minimum absolute atomic E-state index is 0.0779. The van der Waals surface area contributed by atoms with Gasteiger partial charge in [0.05, 0.1) is 12.4 Å². The van der Waals surface area contributed by atoms with Crippen LogP contribution in [0.1, 0.15) is 18.4 Å². The molecule has 0 saturated heterocycles. The van der Waals surface area contributed by atoms with E-state index in [4.69, 9.17) is 4.74 Å². The molecule has 1 aromatic carbocycles. The van der Waals surface area contributed by atoms with E-state index in [0.717, 1.165) is 11.3 Å². The lowest BCUT2D eigenvalue weighted by Crippen LogP contribution is -2.13. The molecule has 0 amide bonds. The number of rotatable bonds is 5. The van der Waals surface area contributed by atoms with Crippen LogP contribution in [0.2, 0.25) is 0 Å². The smallest absolute Gasteiger partial charge is 0.153 e. The second kappa shape index (κ2) is 4.90. The van der Waals surface area contributed by atoms with Crippen molar-refractivity contribution in [1.29, 1.82) is 0 Å². The Bertz CT molecular complexity index is 506. The fraction of sp³-hybridized carbons (Fsp3) is 0.538. The molecule has 0 unspecified atom stereocenters. The SMILES string of the molecule is CCS(=O)(=O)[C@H]1[C@H](CO)[C@@H]1c1ccc(OC)cc1. The van der Waals surface area contributed by atoms with Gasteiger partial charge in [0.25, 0.3) is 0 Å². The number of sulfone groups is 1. The minimum atomic E-state index is -3.09. The molecule has 0 heterocycles. The van der Waals surface area contributed by atoms with E-state index in [-0.39, 0.29) is 24.2 Å². The highest BCUT2D eigenvalue weighted by molar-refractivity contribution is 7.92. The van der Waals surface area contributed by atoms with Crippen molar-refractivity contribution in [3.63, 3.8) is 0 Å². The molecule has 4 nitrogen and oxygen atoms in total. The van der Waals surface area contributed by atoms with Crippen LogP contribution in [-0.4, -0.2) is 38.2 Å². The van der Waals surface area contributed by atoms with Gasteiger partial charge in [0.2, 0.25) is 0 Å². The van der Waals surface area contributed by atoms with Gasteiger partial charge >= 0.3 is 0 Å². The average molecular weight is 270 g/mol. The van der Waals surface area contributed by atoms with Crippen molar-refractivity contribution in [2.45, 2.75) is 18.1 Å². The lowest BCUT2D eigenvalue weighted by atomic mass is 10.1. The largest absolute Gasteiger partial charge is 0.497 e. The Morgan fingerprint density at radius 2 is 1.89 bits per heavy atom. The van der Waals surface area contributed by atoms with Gasteiger partial charge < -0.3 is 9.84 Å². The summed E-state index contributed by atoms with van der Waals surface area (Å²) in [5, 5.41) is 8.85. The van der Waals surface area contributed by atoms with Crippen molar-refractivity contribution in [3.8, 4) is 5.75 Å². The molecule has 0 aromatic heterocycles. The van der Waals surface area contributed by atoms with Gasteiger partial charge in [0.1, 0.15) is 5.75 Å². The molecule has 100 valence electrons. The third kappa shape index (κ3) is 2.24. The lowest BCUT2D eigenvalue weighted by molar-refractivity contribution is 0.274. The first kappa shape index (κ1) is 13.4. The molecule has 1 N–H and O–H groups in total. The van der Waals surface area contributed by atoms with E-state index >= 15 is 0 Å². The molecule has 5 heteroatoms. The van der Waals surface area contributed by atoms with Gasteiger partial charge in [-0.25, -0.2) is 8.42 Å². The third-order valence-electron chi connectivity index (χ3n) is 3.62. The Kier molecular flexibility index (Phi) is 3.64. The van der Waals surface area contributed by atoms with Crippen LogP contribution < -0.4 is 4.74 Å². The van der Waals surface area contributed by atoms with Crippen LogP contribution in [-0.2, 0) is 9.84 Å². The topological polar surface area (TPSA) is 63.6 Å². The van der Waals surface area contributed by atoms with Crippen LogP contribution in [0.25, 0.3) is 0 Å². The van der Waals surface area contributed by atoms with Crippen molar-refractivity contribution in [2.24, 2.45) is 5.92 Å². The third-order valence-corrected chi connectivity index (χ3v) is 5.90. The number of aliphatic hydroxyl groups is 1. The van der Waals surface area contributed by atoms with E-state index in [1.165, 1.54) is 0 Å². The van der Waals surface area contributed by atoms with Gasteiger partial charge in [-0.2, -0.15) is 0 Å².